The van der Waals surface area contributed by atoms with Crippen molar-refractivity contribution in [2.24, 2.45) is 11.7 Å². The Morgan fingerprint density at radius 2 is 2.00 bits per heavy atom. The number of carbonyl (C=O) groups is 1. The number of benzene rings is 1. The van der Waals surface area contributed by atoms with Crippen molar-refractivity contribution < 1.29 is 4.79 Å². The number of halogens is 2. The SMILES string of the molecule is CC(C)CC(C)(CN)NC(=O)c1cnn(-c2ccc(Cl)cc2)c1.Cl. The molecule has 1 aromatic carbocycles. The molecule has 0 spiro atoms. The summed E-state index contributed by atoms with van der Waals surface area (Å²) in [6.07, 6.45) is 4.07. The summed E-state index contributed by atoms with van der Waals surface area (Å²) in [6, 6.07) is 7.26. The Hall–Kier alpha value is -1.56. The number of rotatable bonds is 6. The van der Waals surface area contributed by atoms with Crippen molar-refractivity contribution in [1.29, 1.82) is 0 Å². The van der Waals surface area contributed by atoms with Crippen molar-refractivity contribution in [2.75, 3.05) is 6.54 Å². The highest BCUT2D eigenvalue weighted by Crippen LogP contribution is 2.17. The van der Waals surface area contributed by atoms with Crippen LogP contribution in [0.1, 0.15) is 37.6 Å². The van der Waals surface area contributed by atoms with Gasteiger partial charge in [-0.2, -0.15) is 5.10 Å². The van der Waals surface area contributed by atoms with Crippen LogP contribution in [-0.4, -0.2) is 27.8 Å². The molecule has 0 aliphatic rings. The number of carbonyl (C=O) groups excluding carboxylic acids is 1. The fraction of sp³-hybridized carbons (Fsp3) is 0.412. The predicted octanol–water partition coefficient (Wildman–Crippen LogP) is 3.44. The second kappa shape index (κ2) is 8.51. The lowest BCUT2D eigenvalue weighted by Gasteiger charge is -2.31. The zero-order valence-corrected chi connectivity index (χ0v) is 15.7. The zero-order valence-electron chi connectivity index (χ0n) is 14.1. The predicted molar refractivity (Wildman–Crippen MR) is 100 cm³/mol. The summed E-state index contributed by atoms with van der Waals surface area (Å²) in [4.78, 5) is 12.5. The largest absolute Gasteiger partial charge is 0.346 e. The standard InChI is InChI=1S/C17H23ClN4O.ClH/c1-12(2)8-17(3,11-19)21-16(23)13-9-20-22(10-13)15-6-4-14(18)5-7-15;/h4-7,9-10,12H,8,11,19H2,1-3H3,(H,21,23);1H. The van der Waals surface area contributed by atoms with Crippen LogP contribution in [0, 0.1) is 5.92 Å². The molecule has 1 heterocycles. The van der Waals surface area contributed by atoms with Gasteiger partial charge in [-0.1, -0.05) is 25.4 Å². The van der Waals surface area contributed by atoms with Gasteiger partial charge in [0.2, 0.25) is 0 Å². The van der Waals surface area contributed by atoms with E-state index >= 15 is 0 Å². The second-order valence-corrected chi connectivity index (χ2v) is 6.90. The van der Waals surface area contributed by atoms with E-state index < -0.39 is 5.54 Å². The molecule has 7 heteroatoms. The monoisotopic (exact) mass is 370 g/mol. The average Bonchev–Trinajstić information content (AvgIpc) is 2.97. The van der Waals surface area contributed by atoms with Gasteiger partial charge in [-0.15, -0.1) is 12.4 Å². The Morgan fingerprint density at radius 3 is 2.54 bits per heavy atom. The topological polar surface area (TPSA) is 72.9 Å². The molecule has 0 bridgehead atoms. The molecule has 1 atom stereocenters. The van der Waals surface area contributed by atoms with Gasteiger partial charge in [0.25, 0.3) is 5.91 Å². The molecule has 0 aliphatic carbocycles. The van der Waals surface area contributed by atoms with E-state index in [1.165, 1.54) is 0 Å². The first-order valence-electron chi connectivity index (χ1n) is 7.66. The minimum absolute atomic E-state index is 0. The number of amides is 1. The normalized spacial score (nSPS) is 13.2. The molecular weight excluding hydrogens is 347 g/mol. The molecule has 5 nitrogen and oxygen atoms in total. The van der Waals surface area contributed by atoms with E-state index in [-0.39, 0.29) is 18.3 Å². The van der Waals surface area contributed by atoms with Gasteiger partial charge >= 0.3 is 0 Å². The van der Waals surface area contributed by atoms with Gasteiger partial charge in [-0.05, 0) is 43.5 Å². The third-order valence-electron chi connectivity index (χ3n) is 3.66. The fourth-order valence-electron chi connectivity index (χ4n) is 2.61. The van der Waals surface area contributed by atoms with Gasteiger partial charge in [0.05, 0.1) is 17.4 Å². The summed E-state index contributed by atoms with van der Waals surface area (Å²) in [5, 5.41) is 7.92. The lowest BCUT2D eigenvalue weighted by atomic mass is 9.90. The van der Waals surface area contributed by atoms with Crippen LogP contribution >= 0.6 is 24.0 Å². The maximum atomic E-state index is 12.5. The summed E-state index contributed by atoms with van der Waals surface area (Å²) in [6.45, 7) is 6.58. The van der Waals surface area contributed by atoms with Gasteiger partial charge < -0.3 is 11.1 Å². The summed E-state index contributed by atoms with van der Waals surface area (Å²) >= 11 is 5.88. The molecule has 3 N–H and O–H groups in total. The molecule has 0 radical (unpaired) electrons. The van der Waals surface area contributed by atoms with Gasteiger partial charge in [0, 0.05) is 23.3 Å². The van der Waals surface area contributed by atoms with E-state index in [0.29, 0.717) is 23.0 Å². The second-order valence-electron chi connectivity index (χ2n) is 6.47. The number of nitrogens with two attached hydrogens (primary N) is 1. The van der Waals surface area contributed by atoms with Crippen LogP contribution in [-0.2, 0) is 0 Å². The highest BCUT2D eigenvalue weighted by molar-refractivity contribution is 6.30. The lowest BCUT2D eigenvalue weighted by Crippen LogP contribution is -2.52. The van der Waals surface area contributed by atoms with Gasteiger partial charge in [-0.3, -0.25) is 4.79 Å². The van der Waals surface area contributed by atoms with Crippen LogP contribution in [0.5, 0.6) is 0 Å². The molecule has 0 aliphatic heterocycles. The van der Waals surface area contributed by atoms with Crippen molar-refractivity contribution in [3.05, 3.63) is 47.2 Å². The molecule has 2 rings (SSSR count). The van der Waals surface area contributed by atoms with E-state index in [2.05, 4.69) is 24.3 Å². The highest BCUT2D eigenvalue weighted by atomic mass is 35.5. The maximum absolute atomic E-state index is 12.5. The minimum Gasteiger partial charge on any atom is -0.346 e. The number of nitrogens with zero attached hydrogens (tertiary/aromatic N) is 2. The van der Waals surface area contributed by atoms with Crippen molar-refractivity contribution in [1.82, 2.24) is 15.1 Å². The van der Waals surface area contributed by atoms with Gasteiger partial charge in [0.15, 0.2) is 0 Å². The first-order chi connectivity index (χ1) is 10.8. The lowest BCUT2D eigenvalue weighted by molar-refractivity contribution is 0.0898. The number of hydrogen-bond donors (Lipinski definition) is 2. The van der Waals surface area contributed by atoms with E-state index in [0.717, 1.165) is 12.1 Å². The Bertz CT molecular complexity index is 669. The van der Waals surface area contributed by atoms with Crippen LogP contribution in [0.25, 0.3) is 5.69 Å². The number of nitrogens with one attached hydrogen (secondary N) is 1. The molecule has 0 saturated heterocycles. The number of aromatic nitrogens is 2. The van der Waals surface area contributed by atoms with E-state index in [1.807, 2.05) is 19.1 Å². The maximum Gasteiger partial charge on any atom is 0.254 e. The van der Waals surface area contributed by atoms with Crippen molar-refractivity contribution in [2.45, 2.75) is 32.7 Å². The Labute approximate surface area is 154 Å². The van der Waals surface area contributed by atoms with E-state index in [1.54, 1.807) is 29.2 Å². The van der Waals surface area contributed by atoms with Crippen molar-refractivity contribution in [3.8, 4) is 5.69 Å². The smallest absolute Gasteiger partial charge is 0.254 e. The summed E-state index contributed by atoms with van der Waals surface area (Å²) in [5.41, 5.74) is 6.77. The molecule has 1 aromatic heterocycles. The first-order valence-corrected chi connectivity index (χ1v) is 8.04. The van der Waals surface area contributed by atoms with E-state index in [9.17, 15) is 4.79 Å². The molecule has 1 unspecified atom stereocenters. The summed E-state index contributed by atoms with van der Waals surface area (Å²) < 4.78 is 1.65. The van der Waals surface area contributed by atoms with Crippen LogP contribution in [0.3, 0.4) is 0 Å². The van der Waals surface area contributed by atoms with Crippen LogP contribution in [0.15, 0.2) is 36.7 Å². The third kappa shape index (κ3) is 5.23. The molecule has 24 heavy (non-hydrogen) atoms. The average molecular weight is 371 g/mol. The highest BCUT2D eigenvalue weighted by Gasteiger charge is 2.26. The van der Waals surface area contributed by atoms with Gasteiger partial charge in [-0.25, -0.2) is 4.68 Å². The van der Waals surface area contributed by atoms with Crippen molar-refractivity contribution >= 4 is 29.9 Å². The third-order valence-corrected chi connectivity index (χ3v) is 3.91. The summed E-state index contributed by atoms with van der Waals surface area (Å²) in [5.74, 6) is 0.277. The molecular formula is C17H24Cl2N4O. The van der Waals surface area contributed by atoms with Crippen LogP contribution in [0.4, 0.5) is 0 Å². The zero-order chi connectivity index (χ0) is 17.0. The Morgan fingerprint density at radius 1 is 1.38 bits per heavy atom. The minimum atomic E-state index is -0.423. The van der Waals surface area contributed by atoms with Crippen molar-refractivity contribution in [3.63, 3.8) is 0 Å². The van der Waals surface area contributed by atoms with Gasteiger partial charge in [0.1, 0.15) is 0 Å². The fourth-order valence-corrected chi connectivity index (χ4v) is 2.73. The molecule has 2 aromatic rings. The quantitative estimate of drug-likeness (QED) is 0.817. The van der Waals surface area contributed by atoms with Crippen LogP contribution in [0.2, 0.25) is 5.02 Å². The van der Waals surface area contributed by atoms with Crippen LogP contribution < -0.4 is 11.1 Å². The molecule has 0 saturated carbocycles. The molecule has 132 valence electrons. The Kier molecular flexibility index (Phi) is 7.27. The van der Waals surface area contributed by atoms with E-state index in [4.69, 9.17) is 17.3 Å². The molecule has 0 fully saturated rings. The summed E-state index contributed by atoms with van der Waals surface area (Å²) in [7, 11) is 0. The Balaban J connectivity index is 0.00000288. The number of hydrogen-bond acceptors (Lipinski definition) is 3. The molecule has 1 amide bonds. The first kappa shape index (κ1) is 20.5.